The van der Waals surface area contributed by atoms with Crippen LogP contribution in [0.5, 0.6) is 0 Å². The largest absolute Gasteiger partial charge is 0.383 e. The first-order chi connectivity index (χ1) is 6.83. The van der Waals surface area contributed by atoms with Gasteiger partial charge >= 0.3 is 0 Å². The van der Waals surface area contributed by atoms with Gasteiger partial charge in [0, 0.05) is 5.75 Å². The van der Waals surface area contributed by atoms with Crippen LogP contribution in [0.25, 0.3) is 0 Å². The van der Waals surface area contributed by atoms with Gasteiger partial charge < -0.3 is 5.73 Å². The summed E-state index contributed by atoms with van der Waals surface area (Å²) >= 11 is 1.92. The van der Waals surface area contributed by atoms with E-state index in [9.17, 15) is 4.79 Å². The van der Waals surface area contributed by atoms with Crippen molar-refractivity contribution in [3.05, 3.63) is 11.8 Å². The average Bonchev–Trinajstić information content (AvgIpc) is 2.61. The van der Waals surface area contributed by atoms with Crippen molar-refractivity contribution in [3.8, 4) is 0 Å². The van der Waals surface area contributed by atoms with E-state index in [0.717, 1.165) is 18.5 Å². The Morgan fingerprint density at radius 3 is 3.14 bits per heavy atom. The van der Waals surface area contributed by atoms with Gasteiger partial charge in [-0.25, -0.2) is 4.68 Å². The number of nitrogens with zero attached hydrogens (tertiary/aromatic N) is 2. The molecular weight excluding hydrogens is 198 g/mol. The van der Waals surface area contributed by atoms with Crippen LogP contribution in [0, 0.1) is 0 Å². The summed E-state index contributed by atoms with van der Waals surface area (Å²) in [4.78, 5) is 10.6. The number of carbonyl (C=O) groups excluding carboxylic acids is 1. The molecule has 0 bridgehead atoms. The van der Waals surface area contributed by atoms with E-state index in [-0.39, 0.29) is 0 Å². The summed E-state index contributed by atoms with van der Waals surface area (Å²) in [5.41, 5.74) is 6.31. The van der Waals surface area contributed by atoms with Crippen LogP contribution in [0.1, 0.15) is 29.2 Å². The monoisotopic (exact) mass is 211 g/mol. The van der Waals surface area contributed by atoms with Gasteiger partial charge in [0.25, 0.3) is 0 Å². The maximum absolute atomic E-state index is 10.6. The topological polar surface area (TPSA) is 60.9 Å². The lowest BCUT2D eigenvalue weighted by Gasteiger charge is -2.22. The highest BCUT2D eigenvalue weighted by molar-refractivity contribution is 7.99. The highest BCUT2D eigenvalue weighted by Crippen LogP contribution is 2.28. The Hall–Kier alpha value is -0.970. The Kier molecular flexibility index (Phi) is 2.77. The number of carbonyl (C=O) groups is 1. The zero-order valence-corrected chi connectivity index (χ0v) is 8.67. The highest BCUT2D eigenvalue weighted by Gasteiger charge is 2.19. The summed E-state index contributed by atoms with van der Waals surface area (Å²) in [6.07, 6.45) is 4.61. The van der Waals surface area contributed by atoms with Crippen molar-refractivity contribution in [1.82, 2.24) is 9.78 Å². The molecule has 2 rings (SSSR count). The first-order valence-corrected chi connectivity index (χ1v) is 5.84. The zero-order valence-electron chi connectivity index (χ0n) is 7.85. The zero-order chi connectivity index (χ0) is 9.97. The van der Waals surface area contributed by atoms with Gasteiger partial charge in [0.1, 0.15) is 5.82 Å². The molecule has 0 aromatic carbocycles. The molecule has 0 amide bonds. The fraction of sp³-hybridized carbons (Fsp3) is 0.556. The molecule has 1 aromatic heterocycles. The van der Waals surface area contributed by atoms with E-state index in [0.29, 0.717) is 17.4 Å². The number of aldehydes is 1. The molecular formula is C9H13N3OS. The Labute approximate surface area is 86.8 Å². The lowest BCUT2D eigenvalue weighted by molar-refractivity contribution is 0.112. The van der Waals surface area contributed by atoms with Crippen molar-refractivity contribution in [2.75, 3.05) is 17.2 Å². The predicted octanol–water partition coefficient (Wildman–Crippen LogP) is 1.35. The molecule has 1 aliphatic heterocycles. The van der Waals surface area contributed by atoms with E-state index in [1.807, 2.05) is 11.8 Å². The molecule has 14 heavy (non-hydrogen) atoms. The van der Waals surface area contributed by atoms with E-state index in [1.54, 1.807) is 10.9 Å². The first kappa shape index (κ1) is 9.58. The smallest absolute Gasteiger partial charge is 0.155 e. The summed E-state index contributed by atoms with van der Waals surface area (Å²) < 4.78 is 1.79. The molecule has 1 fully saturated rings. The summed E-state index contributed by atoms with van der Waals surface area (Å²) in [6.45, 7) is 0. The highest BCUT2D eigenvalue weighted by atomic mass is 32.2. The lowest BCUT2D eigenvalue weighted by Crippen LogP contribution is -2.19. The molecule has 2 heterocycles. The summed E-state index contributed by atoms with van der Waals surface area (Å²) in [5, 5.41) is 4.16. The lowest BCUT2D eigenvalue weighted by atomic mass is 10.2. The van der Waals surface area contributed by atoms with E-state index < -0.39 is 0 Å². The SMILES string of the molecule is Nc1c(C=O)cnn1C1CCCSC1. The van der Waals surface area contributed by atoms with Crippen molar-refractivity contribution in [3.63, 3.8) is 0 Å². The molecule has 0 aliphatic carbocycles. The third-order valence-electron chi connectivity index (χ3n) is 2.47. The van der Waals surface area contributed by atoms with Gasteiger partial charge in [0.15, 0.2) is 6.29 Å². The van der Waals surface area contributed by atoms with Crippen molar-refractivity contribution in [2.45, 2.75) is 18.9 Å². The number of anilines is 1. The summed E-state index contributed by atoms with van der Waals surface area (Å²) in [5.74, 6) is 2.77. The fourth-order valence-electron chi connectivity index (χ4n) is 1.68. The van der Waals surface area contributed by atoms with Crippen molar-refractivity contribution < 1.29 is 4.79 Å². The number of nitrogen functional groups attached to an aromatic ring is 1. The third kappa shape index (κ3) is 1.64. The standard InChI is InChI=1S/C9H13N3OS/c10-9-7(5-13)4-11-12(9)8-2-1-3-14-6-8/h4-5,8H,1-3,6,10H2. The first-order valence-electron chi connectivity index (χ1n) is 4.69. The van der Waals surface area contributed by atoms with Crippen LogP contribution in [-0.2, 0) is 0 Å². The van der Waals surface area contributed by atoms with Crippen LogP contribution >= 0.6 is 11.8 Å². The van der Waals surface area contributed by atoms with E-state index >= 15 is 0 Å². The molecule has 0 saturated carbocycles. The Morgan fingerprint density at radius 1 is 1.71 bits per heavy atom. The van der Waals surface area contributed by atoms with E-state index in [4.69, 9.17) is 5.73 Å². The molecule has 4 nitrogen and oxygen atoms in total. The van der Waals surface area contributed by atoms with Crippen LogP contribution < -0.4 is 5.73 Å². The maximum Gasteiger partial charge on any atom is 0.155 e. The molecule has 1 unspecified atom stereocenters. The van der Waals surface area contributed by atoms with Crippen LogP contribution in [0.4, 0.5) is 5.82 Å². The second-order valence-corrected chi connectivity index (χ2v) is 4.57. The van der Waals surface area contributed by atoms with E-state index in [2.05, 4.69) is 5.10 Å². The molecule has 1 saturated heterocycles. The number of rotatable bonds is 2. The summed E-state index contributed by atoms with van der Waals surface area (Å²) in [7, 11) is 0. The van der Waals surface area contributed by atoms with Gasteiger partial charge in [0.05, 0.1) is 17.8 Å². The molecule has 1 aromatic rings. The minimum atomic E-state index is 0.363. The molecule has 0 radical (unpaired) electrons. The molecule has 1 atom stereocenters. The molecule has 2 N–H and O–H groups in total. The van der Waals surface area contributed by atoms with Gasteiger partial charge in [-0.2, -0.15) is 16.9 Å². The fourth-order valence-corrected chi connectivity index (χ4v) is 2.80. The van der Waals surface area contributed by atoms with Crippen molar-refractivity contribution in [2.24, 2.45) is 0 Å². The average molecular weight is 211 g/mol. The van der Waals surface area contributed by atoms with Crippen molar-refractivity contribution in [1.29, 1.82) is 0 Å². The Bertz CT molecular complexity index is 331. The second-order valence-electron chi connectivity index (χ2n) is 3.42. The molecule has 1 aliphatic rings. The van der Waals surface area contributed by atoms with E-state index in [1.165, 1.54) is 12.2 Å². The predicted molar refractivity (Wildman–Crippen MR) is 57.6 cm³/mol. The minimum absolute atomic E-state index is 0.363. The Morgan fingerprint density at radius 2 is 2.57 bits per heavy atom. The summed E-state index contributed by atoms with van der Waals surface area (Å²) in [6, 6.07) is 0.363. The quantitative estimate of drug-likeness (QED) is 0.750. The van der Waals surface area contributed by atoms with Crippen LogP contribution in [0.3, 0.4) is 0 Å². The van der Waals surface area contributed by atoms with Crippen LogP contribution in [0.15, 0.2) is 6.20 Å². The van der Waals surface area contributed by atoms with Crippen molar-refractivity contribution >= 4 is 23.9 Å². The van der Waals surface area contributed by atoms with Gasteiger partial charge in [-0.1, -0.05) is 0 Å². The number of hydrogen-bond acceptors (Lipinski definition) is 4. The number of thioether (sulfide) groups is 1. The molecule has 76 valence electrons. The molecule has 0 spiro atoms. The van der Waals surface area contributed by atoms with Gasteiger partial charge in [-0.3, -0.25) is 4.79 Å². The number of aromatic nitrogens is 2. The van der Waals surface area contributed by atoms with Gasteiger partial charge in [-0.05, 0) is 18.6 Å². The van der Waals surface area contributed by atoms with Gasteiger partial charge in [-0.15, -0.1) is 0 Å². The van der Waals surface area contributed by atoms with Gasteiger partial charge in [0.2, 0.25) is 0 Å². The normalized spacial score (nSPS) is 22.1. The van der Waals surface area contributed by atoms with Crippen LogP contribution in [-0.4, -0.2) is 27.6 Å². The number of hydrogen-bond donors (Lipinski definition) is 1. The third-order valence-corrected chi connectivity index (χ3v) is 3.67. The minimum Gasteiger partial charge on any atom is -0.383 e. The maximum atomic E-state index is 10.6. The second kappa shape index (κ2) is 4.04. The number of nitrogens with two attached hydrogens (primary N) is 1. The molecule has 5 heteroatoms. The van der Waals surface area contributed by atoms with Crippen LogP contribution in [0.2, 0.25) is 0 Å². The Balaban J connectivity index is 2.22.